The Bertz CT molecular complexity index is 1660. The minimum atomic E-state index is -3.08. The molecule has 3 aromatic rings. The summed E-state index contributed by atoms with van der Waals surface area (Å²) in [5, 5.41) is 22.1. The minimum absolute atomic E-state index is 0.0962. The summed E-state index contributed by atoms with van der Waals surface area (Å²) in [4.78, 5) is 54.9. The largest absolute Gasteiger partial charge is 0.432 e. The van der Waals surface area contributed by atoms with Gasteiger partial charge < -0.3 is 24.4 Å². The summed E-state index contributed by atoms with van der Waals surface area (Å²) in [6.07, 6.45) is -0.386. The first kappa shape index (κ1) is 31.8. The van der Waals surface area contributed by atoms with Gasteiger partial charge in [0.2, 0.25) is 5.91 Å². The molecule has 2 N–H and O–H groups in total. The number of rotatable bonds is 7. The van der Waals surface area contributed by atoms with Gasteiger partial charge in [-0.3, -0.25) is 19.7 Å². The fourth-order valence-electron chi connectivity index (χ4n) is 7.64. The van der Waals surface area contributed by atoms with Crippen molar-refractivity contribution in [1.82, 2.24) is 4.90 Å². The molecular formula is C33H36IN3O7Si. The molecule has 3 heterocycles. The summed E-state index contributed by atoms with van der Waals surface area (Å²) in [7, 11) is -3.08. The van der Waals surface area contributed by atoms with E-state index in [2.05, 4.69) is 22.6 Å². The minimum Gasteiger partial charge on any atom is -0.432 e. The number of aliphatic hydroxyl groups is 1. The molecule has 0 saturated carbocycles. The van der Waals surface area contributed by atoms with Gasteiger partial charge in [0.25, 0.3) is 11.6 Å². The van der Waals surface area contributed by atoms with Gasteiger partial charge in [-0.1, -0.05) is 43.3 Å². The lowest BCUT2D eigenvalue weighted by molar-refractivity contribution is -0.385. The molecule has 1 saturated heterocycles. The lowest BCUT2D eigenvalue weighted by Gasteiger charge is -2.37. The molecule has 236 valence electrons. The second kappa shape index (κ2) is 11.9. The molecule has 3 aliphatic heterocycles. The average molecular weight is 742 g/mol. The van der Waals surface area contributed by atoms with Crippen molar-refractivity contribution >= 4 is 54.1 Å². The van der Waals surface area contributed by atoms with Gasteiger partial charge in [-0.2, -0.15) is 0 Å². The van der Waals surface area contributed by atoms with Crippen LogP contribution in [-0.2, 0) is 39.4 Å². The van der Waals surface area contributed by atoms with Crippen LogP contribution < -0.4 is 4.90 Å². The third-order valence-corrected chi connectivity index (χ3v) is 12.9. The molecule has 0 unspecified atom stereocenters. The van der Waals surface area contributed by atoms with Crippen molar-refractivity contribution in [2.75, 3.05) is 11.5 Å². The lowest BCUT2D eigenvalue weighted by Crippen LogP contribution is -2.48. The first-order valence-electron chi connectivity index (χ1n) is 15.1. The van der Waals surface area contributed by atoms with E-state index in [9.17, 15) is 29.6 Å². The van der Waals surface area contributed by atoms with Gasteiger partial charge in [0.15, 0.2) is 13.9 Å². The zero-order valence-corrected chi connectivity index (χ0v) is 28.5. The molecule has 3 aromatic carbocycles. The molecule has 1 spiro atoms. The van der Waals surface area contributed by atoms with Crippen LogP contribution in [0.4, 0.5) is 11.4 Å². The first-order valence-corrected chi connectivity index (χ1v) is 19.2. The number of hydrogen-bond donors (Lipinski definition) is 2. The Morgan fingerprint density at radius 1 is 1.13 bits per heavy atom. The molecule has 5 atom stereocenters. The molecule has 0 bridgehead atoms. The highest BCUT2D eigenvalue weighted by molar-refractivity contribution is 14.1. The molecule has 12 heteroatoms. The predicted molar refractivity (Wildman–Crippen MR) is 179 cm³/mol. The Kier molecular flexibility index (Phi) is 8.39. The number of halogens is 1. The number of ether oxygens (including phenoxy) is 1. The molecule has 6 rings (SSSR count). The Morgan fingerprint density at radius 2 is 1.82 bits per heavy atom. The summed E-state index contributed by atoms with van der Waals surface area (Å²) in [6, 6.07) is 19.6. The molecule has 0 aliphatic carbocycles. The Labute approximate surface area is 276 Å². The number of aliphatic hydroxyl groups excluding tert-OH is 1. The van der Waals surface area contributed by atoms with Crippen molar-refractivity contribution in [2.24, 2.45) is 5.92 Å². The van der Waals surface area contributed by atoms with Crippen LogP contribution in [0.3, 0.4) is 0 Å². The van der Waals surface area contributed by atoms with Crippen LogP contribution in [0.1, 0.15) is 35.6 Å². The molecular weight excluding hydrogens is 705 g/mol. The highest BCUT2D eigenvalue weighted by Crippen LogP contribution is 2.60. The summed E-state index contributed by atoms with van der Waals surface area (Å²) in [5.41, 5.74) is 1.59. The fourth-order valence-corrected chi connectivity index (χ4v) is 10.6. The molecule has 10 nitrogen and oxygen atoms in total. The van der Waals surface area contributed by atoms with Gasteiger partial charge in [-0.15, -0.1) is 0 Å². The number of hydrogen-bond acceptors (Lipinski definition) is 7. The maximum Gasteiger partial charge on any atom is 0.269 e. The van der Waals surface area contributed by atoms with Gasteiger partial charge in [-0.25, -0.2) is 0 Å². The van der Waals surface area contributed by atoms with Gasteiger partial charge in [0.05, 0.1) is 42.3 Å². The van der Waals surface area contributed by atoms with E-state index in [0.717, 1.165) is 20.3 Å². The normalized spacial score (nSPS) is 25.9. The highest BCUT2D eigenvalue weighted by atomic mass is 127. The number of benzene rings is 3. The van der Waals surface area contributed by atoms with Crippen molar-refractivity contribution < 1.29 is 29.2 Å². The van der Waals surface area contributed by atoms with Crippen LogP contribution in [0.15, 0.2) is 66.7 Å². The maximum absolute atomic E-state index is 14.6. The monoisotopic (exact) mass is 741 g/mol. The van der Waals surface area contributed by atoms with Crippen LogP contribution in [-0.4, -0.2) is 58.6 Å². The number of carbonyl (C=O) groups is 2. The number of anilines is 1. The number of nitro benzene ring substituents is 1. The summed E-state index contributed by atoms with van der Waals surface area (Å²) < 4.78 is 7.82. The van der Waals surface area contributed by atoms with Gasteiger partial charge in [0.1, 0.15) is 0 Å². The smallest absolute Gasteiger partial charge is 0.269 e. The van der Waals surface area contributed by atoms with E-state index < -0.39 is 42.4 Å². The predicted octanol–water partition coefficient (Wildman–Crippen LogP) is 4.88. The van der Waals surface area contributed by atoms with E-state index in [1.807, 2.05) is 55.5 Å². The quantitative estimate of drug-likeness (QED) is 0.153. The number of carbonyl (C=O) groups excluding carboxylic acids is 2. The number of non-ortho nitro benzene ring substituents is 1. The summed E-state index contributed by atoms with van der Waals surface area (Å²) in [6.45, 7) is 5.78. The van der Waals surface area contributed by atoms with E-state index in [4.69, 9.17) is 4.74 Å². The van der Waals surface area contributed by atoms with Crippen molar-refractivity contribution in [2.45, 2.75) is 69.2 Å². The van der Waals surface area contributed by atoms with Crippen molar-refractivity contribution in [3.8, 4) is 0 Å². The summed E-state index contributed by atoms with van der Waals surface area (Å²) >= 11 is 2.22. The Hall–Kier alpha value is -3.17. The van der Waals surface area contributed by atoms with Crippen molar-refractivity contribution in [1.29, 1.82) is 0 Å². The molecule has 0 aromatic heterocycles. The number of nitro groups is 1. The molecule has 1 fully saturated rings. The first-order chi connectivity index (χ1) is 21.3. The zero-order chi connectivity index (χ0) is 32.3. The third kappa shape index (κ3) is 5.50. The maximum atomic E-state index is 14.6. The van der Waals surface area contributed by atoms with Gasteiger partial charge in [0, 0.05) is 39.3 Å². The number of nitrogens with zero attached hydrogens (tertiary/aromatic N) is 3. The number of amides is 2. The van der Waals surface area contributed by atoms with E-state index >= 15 is 0 Å². The third-order valence-electron chi connectivity index (χ3n) is 9.69. The van der Waals surface area contributed by atoms with Gasteiger partial charge in [-0.05, 0) is 77.0 Å². The van der Waals surface area contributed by atoms with E-state index in [1.165, 1.54) is 12.1 Å². The average Bonchev–Trinajstić information content (AvgIpc) is 3.43. The summed E-state index contributed by atoms with van der Waals surface area (Å²) in [5.74, 6) is -1.17. The van der Waals surface area contributed by atoms with Crippen LogP contribution >= 0.6 is 22.6 Å². The molecule has 2 amide bonds. The van der Waals surface area contributed by atoms with Crippen LogP contribution in [0, 0.1) is 19.6 Å². The Balaban J connectivity index is 1.38. The zero-order valence-electron chi connectivity index (χ0n) is 25.4. The van der Waals surface area contributed by atoms with Crippen molar-refractivity contribution in [3.05, 3.63) is 103 Å². The van der Waals surface area contributed by atoms with E-state index in [1.54, 1.807) is 29.0 Å². The standard InChI is InChI=1S/C33H36IN3O7Si/c1-20-31(45(2,3)43)29(16-30(39)35-18-23-7-5-4-6-22(23)14-26(35)19-38)44-33(20)27-15-25(37(41)42)12-13-28(27)36(32(33)40)17-21-8-10-24(34)11-9-21/h4-13,15,20,26,29,31,38,43H,14,16-19H2,1-3H3/t20-,26-,29+,31-,33+/m0/s1. The molecule has 45 heavy (non-hydrogen) atoms. The number of fused-ring (bicyclic) bond motifs is 3. The molecule has 0 radical (unpaired) electrons. The SMILES string of the molecule is C[C@H]1[C@H]([Si](C)(C)O)[C@@H](CC(=O)N2Cc3ccccc3C[C@H]2CO)O[C@]12C(=O)N(Cc1ccc(I)cc1)c1ccc([N+](=O)[O-])cc12. The topological polar surface area (TPSA) is 133 Å². The van der Waals surface area contributed by atoms with Gasteiger partial charge >= 0.3 is 0 Å². The van der Waals surface area contributed by atoms with Crippen LogP contribution in [0.5, 0.6) is 0 Å². The highest BCUT2D eigenvalue weighted by Gasteiger charge is 2.66. The Morgan fingerprint density at radius 3 is 2.47 bits per heavy atom. The van der Waals surface area contributed by atoms with E-state index in [0.29, 0.717) is 24.2 Å². The van der Waals surface area contributed by atoms with E-state index in [-0.39, 0.29) is 37.1 Å². The van der Waals surface area contributed by atoms with Crippen LogP contribution in [0.25, 0.3) is 0 Å². The molecule has 3 aliphatic rings. The lowest BCUT2D eigenvalue weighted by atomic mass is 9.82. The second-order valence-corrected chi connectivity index (χ2v) is 18.1. The van der Waals surface area contributed by atoms with Crippen molar-refractivity contribution in [3.63, 3.8) is 0 Å². The fraction of sp³-hybridized carbons (Fsp3) is 0.394. The second-order valence-electron chi connectivity index (χ2n) is 12.9. The van der Waals surface area contributed by atoms with Crippen LogP contribution in [0.2, 0.25) is 18.6 Å².